The van der Waals surface area contributed by atoms with E-state index in [1.807, 2.05) is 0 Å². The van der Waals surface area contributed by atoms with Gasteiger partial charge in [0.05, 0.1) is 5.69 Å². The van der Waals surface area contributed by atoms with Crippen molar-refractivity contribution >= 4 is 54.0 Å². The fourth-order valence-electron chi connectivity index (χ4n) is 8.19. The van der Waals surface area contributed by atoms with Crippen LogP contribution in [0.5, 0.6) is 0 Å². The van der Waals surface area contributed by atoms with Crippen molar-refractivity contribution in [1.29, 1.82) is 0 Å². The highest BCUT2D eigenvalue weighted by Crippen LogP contribution is 2.47. The highest BCUT2D eigenvalue weighted by atomic mass is 14.7. The lowest BCUT2D eigenvalue weighted by Crippen LogP contribution is -1.92. The third-order valence-electron chi connectivity index (χ3n) is 10.5. The first kappa shape index (κ1) is 28.6. The fraction of sp³-hybridized carbons (Fsp3) is 0.0204. The van der Waals surface area contributed by atoms with Gasteiger partial charge in [0.15, 0.2) is 0 Å². The van der Waals surface area contributed by atoms with Crippen molar-refractivity contribution in [3.63, 3.8) is 0 Å². The lowest BCUT2D eigenvalue weighted by atomic mass is 9.83. The molecule has 1 heterocycles. The molecule has 0 aliphatic carbocycles. The van der Waals surface area contributed by atoms with E-state index in [2.05, 4.69) is 188 Å². The van der Waals surface area contributed by atoms with E-state index in [0.717, 1.165) is 11.2 Å². The second-order valence-electron chi connectivity index (χ2n) is 13.4. The average molecular weight is 636 g/mol. The first-order valence-electron chi connectivity index (χ1n) is 17.4. The van der Waals surface area contributed by atoms with Crippen LogP contribution in [0.1, 0.15) is 5.56 Å². The van der Waals surface area contributed by atoms with E-state index in [0.29, 0.717) is 0 Å². The summed E-state index contributed by atoms with van der Waals surface area (Å²) in [5.74, 6) is 0. The molecule has 0 fully saturated rings. The number of fused-ring (bicyclic) bond motifs is 6. The number of aromatic amines is 1. The van der Waals surface area contributed by atoms with Crippen LogP contribution in [0.15, 0.2) is 176 Å². The summed E-state index contributed by atoms with van der Waals surface area (Å²) in [7, 11) is 0. The predicted molar refractivity (Wildman–Crippen MR) is 215 cm³/mol. The van der Waals surface area contributed by atoms with Gasteiger partial charge >= 0.3 is 0 Å². The molecule has 0 radical (unpaired) electrons. The molecule has 0 atom stereocenters. The third-order valence-corrected chi connectivity index (χ3v) is 10.5. The van der Waals surface area contributed by atoms with Crippen molar-refractivity contribution in [3.8, 4) is 44.6 Å². The zero-order chi connectivity index (χ0) is 33.2. The second-order valence-corrected chi connectivity index (χ2v) is 13.4. The lowest BCUT2D eigenvalue weighted by Gasteiger charge is -2.19. The standard InChI is InChI=1S/C49H33N/c1-31-23-25-32(26-24-31)47-43-28-27-35(30-45(43)50-49(47)33-13-3-2-4-14-33)46-39-19-9-11-21-41(39)48(42-22-12-10-20-40(42)46)44-29-34-15-5-6-16-36(34)37-17-7-8-18-38(37)44/h2-30,50H,1H3. The molecule has 234 valence electrons. The Morgan fingerprint density at radius 3 is 1.56 bits per heavy atom. The number of aromatic nitrogens is 1. The topological polar surface area (TPSA) is 15.8 Å². The zero-order valence-electron chi connectivity index (χ0n) is 27.7. The van der Waals surface area contributed by atoms with E-state index in [-0.39, 0.29) is 0 Å². The molecule has 0 unspecified atom stereocenters. The van der Waals surface area contributed by atoms with Crippen molar-refractivity contribution in [2.24, 2.45) is 0 Å². The number of benzene rings is 9. The van der Waals surface area contributed by atoms with Crippen LogP contribution in [0.2, 0.25) is 0 Å². The van der Waals surface area contributed by atoms with Gasteiger partial charge < -0.3 is 4.98 Å². The largest absolute Gasteiger partial charge is 0.354 e. The molecule has 10 rings (SSSR count). The Labute approximate surface area is 291 Å². The minimum absolute atomic E-state index is 1.13. The Hall–Kier alpha value is -6.44. The first-order valence-corrected chi connectivity index (χ1v) is 17.4. The SMILES string of the molecule is Cc1ccc(-c2c(-c3ccccc3)[nH]c3cc(-c4c5ccccc5c(-c5cc6ccccc6c6ccccc56)c5ccccc45)ccc23)cc1. The Balaban J connectivity index is 1.27. The predicted octanol–water partition coefficient (Wildman–Crippen LogP) is 13.8. The van der Waals surface area contributed by atoms with Gasteiger partial charge in [0, 0.05) is 16.5 Å². The molecular formula is C49H33N. The number of hydrogen-bond acceptors (Lipinski definition) is 0. The first-order chi connectivity index (χ1) is 24.7. The molecule has 1 nitrogen and oxygen atoms in total. The van der Waals surface area contributed by atoms with E-state index in [1.54, 1.807) is 0 Å². The molecule has 0 amide bonds. The van der Waals surface area contributed by atoms with Crippen LogP contribution in [0.4, 0.5) is 0 Å². The molecule has 0 saturated carbocycles. The third kappa shape index (κ3) is 4.41. The Bertz CT molecular complexity index is 2850. The molecule has 0 aliphatic heterocycles. The van der Waals surface area contributed by atoms with Crippen molar-refractivity contribution in [2.75, 3.05) is 0 Å². The monoisotopic (exact) mass is 635 g/mol. The van der Waals surface area contributed by atoms with Gasteiger partial charge in [0.1, 0.15) is 0 Å². The maximum atomic E-state index is 3.87. The normalized spacial score (nSPS) is 11.7. The molecule has 50 heavy (non-hydrogen) atoms. The van der Waals surface area contributed by atoms with Gasteiger partial charge in [0.25, 0.3) is 0 Å². The van der Waals surface area contributed by atoms with E-state index < -0.39 is 0 Å². The van der Waals surface area contributed by atoms with Crippen LogP contribution in [-0.4, -0.2) is 4.98 Å². The lowest BCUT2D eigenvalue weighted by molar-refractivity contribution is 1.44. The number of rotatable bonds is 4. The van der Waals surface area contributed by atoms with Gasteiger partial charge in [-0.05, 0) is 95.5 Å². The maximum absolute atomic E-state index is 3.87. The summed E-state index contributed by atoms with van der Waals surface area (Å²) >= 11 is 0. The Morgan fingerprint density at radius 1 is 0.340 bits per heavy atom. The summed E-state index contributed by atoms with van der Waals surface area (Å²) in [4.78, 5) is 3.87. The smallest absolute Gasteiger partial charge is 0.0544 e. The minimum Gasteiger partial charge on any atom is -0.354 e. The molecular weight excluding hydrogens is 603 g/mol. The van der Waals surface area contributed by atoms with Gasteiger partial charge in [-0.25, -0.2) is 0 Å². The van der Waals surface area contributed by atoms with Gasteiger partial charge in [-0.15, -0.1) is 0 Å². The molecule has 0 spiro atoms. The second kappa shape index (κ2) is 11.3. The summed E-state index contributed by atoms with van der Waals surface area (Å²) < 4.78 is 0. The quantitative estimate of drug-likeness (QED) is 0.146. The van der Waals surface area contributed by atoms with Crippen LogP contribution in [0.3, 0.4) is 0 Å². The highest BCUT2D eigenvalue weighted by molar-refractivity contribution is 6.26. The fourth-order valence-corrected chi connectivity index (χ4v) is 8.19. The molecule has 0 aliphatic rings. The summed E-state index contributed by atoms with van der Waals surface area (Å²) in [6, 6.07) is 64.6. The molecule has 1 heteroatoms. The van der Waals surface area contributed by atoms with Crippen molar-refractivity contribution in [1.82, 2.24) is 4.98 Å². The van der Waals surface area contributed by atoms with Crippen LogP contribution in [0.25, 0.3) is 98.6 Å². The number of nitrogens with one attached hydrogen (secondary N) is 1. The molecule has 0 saturated heterocycles. The average Bonchev–Trinajstić information content (AvgIpc) is 3.56. The maximum Gasteiger partial charge on any atom is 0.0544 e. The van der Waals surface area contributed by atoms with Gasteiger partial charge in [0.2, 0.25) is 0 Å². The van der Waals surface area contributed by atoms with Crippen LogP contribution in [-0.2, 0) is 0 Å². The van der Waals surface area contributed by atoms with E-state index in [1.165, 1.54) is 93.0 Å². The minimum atomic E-state index is 1.13. The molecule has 1 N–H and O–H groups in total. The van der Waals surface area contributed by atoms with Crippen LogP contribution in [0, 0.1) is 6.92 Å². The van der Waals surface area contributed by atoms with E-state index in [4.69, 9.17) is 0 Å². The number of hydrogen-bond donors (Lipinski definition) is 1. The van der Waals surface area contributed by atoms with Gasteiger partial charge in [-0.2, -0.15) is 0 Å². The highest BCUT2D eigenvalue weighted by Gasteiger charge is 2.21. The molecule has 9 aromatic carbocycles. The number of aryl methyl sites for hydroxylation is 1. The van der Waals surface area contributed by atoms with E-state index >= 15 is 0 Å². The molecule has 1 aromatic heterocycles. The summed E-state index contributed by atoms with van der Waals surface area (Å²) in [6.07, 6.45) is 0. The zero-order valence-corrected chi connectivity index (χ0v) is 27.7. The summed E-state index contributed by atoms with van der Waals surface area (Å²) in [5, 5.41) is 11.4. The number of H-pyrrole nitrogens is 1. The molecule has 10 aromatic rings. The van der Waals surface area contributed by atoms with Crippen molar-refractivity contribution in [2.45, 2.75) is 6.92 Å². The van der Waals surface area contributed by atoms with Crippen LogP contribution < -0.4 is 0 Å². The van der Waals surface area contributed by atoms with Crippen molar-refractivity contribution in [3.05, 3.63) is 181 Å². The Morgan fingerprint density at radius 2 is 0.880 bits per heavy atom. The Kier molecular flexibility index (Phi) is 6.47. The van der Waals surface area contributed by atoms with Gasteiger partial charge in [-0.3, -0.25) is 0 Å². The van der Waals surface area contributed by atoms with Crippen LogP contribution >= 0.6 is 0 Å². The van der Waals surface area contributed by atoms with Crippen molar-refractivity contribution < 1.29 is 0 Å². The summed E-state index contributed by atoms with van der Waals surface area (Å²) in [6.45, 7) is 2.14. The van der Waals surface area contributed by atoms with E-state index in [9.17, 15) is 0 Å². The summed E-state index contributed by atoms with van der Waals surface area (Å²) in [5.41, 5.74) is 12.2. The molecule has 0 bridgehead atoms. The van der Waals surface area contributed by atoms with Gasteiger partial charge in [-0.1, -0.05) is 169 Å².